The summed E-state index contributed by atoms with van der Waals surface area (Å²) in [6.07, 6.45) is 1.48. The molecule has 9 heteroatoms. The fraction of sp³-hybridized carbons (Fsp3) is 0.0370. The molecule has 0 aliphatic carbocycles. The summed E-state index contributed by atoms with van der Waals surface area (Å²) in [5.74, 6) is 2.67. The lowest BCUT2D eigenvalue weighted by molar-refractivity contribution is 0.465. The zero-order valence-electron chi connectivity index (χ0n) is 19.0. The summed E-state index contributed by atoms with van der Waals surface area (Å²) >= 11 is 3.51. The van der Waals surface area contributed by atoms with Crippen LogP contribution in [-0.2, 0) is 0 Å². The van der Waals surface area contributed by atoms with Crippen molar-refractivity contribution in [2.45, 2.75) is 6.92 Å². The Morgan fingerprint density at radius 2 is 1.78 bits per heavy atom. The van der Waals surface area contributed by atoms with Crippen LogP contribution in [0.1, 0.15) is 5.69 Å². The summed E-state index contributed by atoms with van der Waals surface area (Å²) < 4.78 is 7.14. The number of halogens is 1. The lowest BCUT2D eigenvalue weighted by atomic mass is 10.1. The van der Waals surface area contributed by atoms with E-state index in [-0.39, 0.29) is 5.75 Å². The molecule has 3 aromatic heterocycles. The molecular formula is C27H19BrN6O2. The molecule has 6 aromatic rings. The average Bonchev–Trinajstić information content (AvgIpc) is 3.29. The van der Waals surface area contributed by atoms with Crippen LogP contribution in [0.4, 0.5) is 11.5 Å². The Morgan fingerprint density at radius 3 is 2.64 bits per heavy atom. The number of nitrogens with zero attached hydrogens (tertiary/aromatic N) is 4. The maximum absolute atomic E-state index is 9.63. The van der Waals surface area contributed by atoms with Gasteiger partial charge in [-0.2, -0.15) is 0 Å². The van der Waals surface area contributed by atoms with E-state index in [4.69, 9.17) is 9.72 Å². The Balaban J connectivity index is 1.45. The molecule has 0 atom stereocenters. The zero-order chi connectivity index (χ0) is 24.6. The Kier molecular flexibility index (Phi) is 5.46. The molecule has 0 saturated carbocycles. The molecular weight excluding hydrogens is 520 g/mol. The maximum atomic E-state index is 9.63. The van der Waals surface area contributed by atoms with Crippen LogP contribution < -0.4 is 10.1 Å². The van der Waals surface area contributed by atoms with Gasteiger partial charge in [0.2, 0.25) is 0 Å². The van der Waals surface area contributed by atoms with Crippen LogP contribution in [0.25, 0.3) is 33.5 Å². The third-order valence-electron chi connectivity index (χ3n) is 5.65. The van der Waals surface area contributed by atoms with Gasteiger partial charge >= 0.3 is 0 Å². The molecule has 0 amide bonds. The van der Waals surface area contributed by atoms with Gasteiger partial charge in [-0.05, 0) is 79.7 Å². The van der Waals surface area contributed by atoms with E-state index in [9.17, 15) is 5.11 Å². The molecule has 0 saturated heterocycles. The summed E-state index contributed by atoms with van der Waals surface area (Å²) in [6, 6.07) is 22.1. The van der Waals surface area contributed by atoms with Crippen LogP contribution in [0.5, 0.6) is 17.2 Å². The first-order valence-electron chi connectivity index (χ1n) is 11.1. The molecule has 0 bridgehead atoms. The number of anilines is 2. The molecule has 3 aromatic carbocycles. The second-order valence-corrected chi connectivity index (χ2v) is 9.14. The number of benzene rings is 3. The number of rotatable bonds is 5. The third kappa shape index (κ3) is 4.32. The number of nitrogens with one attached hydrogen (secondary N) is 2. The van der Waals surface area contributed by atoms with Gasteiger partial charge in [-0.15, -0.1) is 0 Å². The van der Waals surface area contributed by atoms with Crippen LogP contribution >= 0.6 is 15.9 Å². The molecule has 36 heavy (non-hydrogen) atoms. The minimum absolute atomic E-state index is 0.169. The predicted octanol–water partition coefficient (Wildman–Crippen LogP) is 6.88. The Bertz CT molecular complexity index is 1730. The quantitative estimate of drug-likeness (QED) is 0.219. The number of aryl methyl sites for hydroxylation is 1. The molecule has 0 spiro atoms. The highest BCUT2D eigenvalue weighted by Crippen LogP contribution is 2.36. The highest BCUT2D eigenvalue weighted by atomic mass is 79.9. The van der Waals surface area contributed by atoms with E-state index in [1.54, 1.807) is 24.3 Å². The Labute approximate surface area is 214 Å². The SMILES string of the molecule is Cc1ccc2c(Nc3cc(-c4nc5ccc(Br)cc5[nH]4)ccc3Oc3ccc(O)cc3)ncnc2n1. The van der Waals surface area contributed by atoms with E-state index in [0.717, 1.165) is 38.0 Å². The van der Waals surface area contributed by atoms with Crippen molar-refractivity contribution in [1.82, 2.24) is 24.9 Å². The van der Waals surface area contributed by atoms with Gasteiger partial charge in [0.25, 0.3) is 0 Å². The molecule has 0 radical (unpaired) electrons. The first-order chi connectivity index (χ1) is 17.5. The van der Waals surface area contributed by atoms with Crippen LogP contribution in [0.15, 0.2) is 83.6 Å². The molecule has 0 aliphatic heterocycles. The van der Waals surface area contributed by atoms with Crippen molar-refractivity contribution in [2.24, 2.45) is 0 Å². The molecule has 6 rings (SSSR count). The van der Waals surface area contributed by atoms with Gasteiger partial charge in [-0.25, -0.2) is 19.9 Å². The fourth-order valence-electron chi connectivity index (χ4n) is 3.89. The van der Waals surface area contributed by atoms with E-state index in [2.05, 4.69) is 41.2 Å². The van der Waals surface area contributed by atoms with Crippen molar-refractivity contribution in [3.8, 4) is 28.6 Å². The average molecular weight is 539 g/mol. The lowest BCUT2D eigenvalue weighted by Gasteiger charge is -2.15. The second kappa shape index (κ2) is 8.94. The lowest BCUT2D eigenvalue weighted by Crippen LogP contribution is -2.00. The van der Waals surface area contributed by atoms with Gasteiger partial charge in [0.1, 0.15) is 29.5 Å². The summed E-state index contributed by atoms with van der Waals surface area (Å²) in [5, 5.41) is 13.8. The van der Waals surface area contributed by atoms with Crippen LogP contribution in [0.3, 0.4) is 0 Å². The van der Waals surface area contributed by atoms with E-state index < -0.39 is 0 Å². The third-order valence-corrected chi connectivity index (χ3v) is 6.14. The first kappa shape index (κ1) is 22.0. The smallest absolute Gasteiger partial charge is 0.164 e. The van der Waals surface area contributed by atoms with Crippen molar-refractivity contribution >= 4 is 49.5 Å². The highest BCUT2D eigenvalue weighted by molar-refractivity contribution is 9.10. The van der Waals surface area contributed by atoms with Crippen molar-refractivity contribution in [3.05, 3.63) is 89.3 Å². The number of aromatic nitrogens is 5. The molecule has 0 fully saturated rings. The number of ether oxygens (including phenoxy) is 1. The number of phenols is 1. The number of pyridine rings is 1. The number of hydrogen-bond acceptors (Lipinski definition) is 7. The molecule has 0 unspecified atom stereocenters. The number of H-pyrrole nitrogens is 1. The zero-order valence-corrected chi connectivity index (χ0v) is 20.6. The maximum Gasteiger partial charge on any atom is 0.164 e. The number of imidazole rings is 1. The molecule has 176 valence electrons. The number of phenolic OH excluding ortho intramolecular Hbond substituents is 1. The topological polar surface area (TPSA) is 109 Å². The van der Waals surface area contributed by atoms with Crippen molar-refractivity contribution in [2.75, 3.05) is 5.32 Å². The number of aromatic amines is 1. The normalized spacial score (nSPS) is 11.2. The van der Waals surface area contributed by atoms with Gasteiger partial charge < -0.3 is 20.1 Å². The van der Waals surface area contributed by atoms with Crippen molar-refractivity contribution in [3.63, 3.8) is 0 Å². The van der Waals surface area contributed by atoms with Gasteiger partial charge in [0.15, 0.2) is 11.4 Å². The van der Waals surface area contributed by atoms with E-state index in [1.165, 1.54) is 6.33 Å². The monoisotopic (exact) mass is 538 g/mol. The molecule has 3 heterocycles. The minimum atomic E-state index is 0.169. The largest absolute Gasteiger partial charge is 0.508 e. The summed E-state index contributed by atoms with van der Waals surface area (Å²) in [4.78, 5) is 21.4. The van der Waals surface area contributed by atoms with E-state index >= 15 is 0 Å². The molecule has 3 N–H and O–H groups in total. The first-order valence-corrected chi connectivity index (χ1v) is 11.9. The van der Waals surface area contributed by atoms with Gasteiger partial charge in [-0.3, -0.25) is 0 Å². The standard InChI is InChI=1S/C27H19BrN6O2/c1-15-2-9-20-26(31-15)29-14-30-27(20)34-23-12-16(25-32-21-10-4-17(28)13-22(21)33-25)3-11-24(23)36-19-7-5-18(35)6-8-19/h2-14,35H,1H3,(H,32,33)(H,29,30,31,34). The Morgan fingerprint density at radius 1 is 0.917 bits per heavy atom. The van der Waals surface area contributed by atoms with Crippen molar-refractivity contribution < 1.29 is 9.84 Å². The number of hydrogen-bond donors (Lipinski definition) is 3. The van der Waals surface area contributed by atoms with E-state index in [0.29, 0.717) is 28.7 Å². The van der Waals surface area contributed by atoms with Gasteiger partial charge in [0.05, 0.1) is 22.1 Å². The summed E-state index contributed by atoms with van der Waals surface area (Å²) in [5.41, 5.74) is 4.84. The van der Waals surface area contributed by atoms with E-state index in [1.807, 2.05) is 55.5 Å². The number of aromatic hydroxyl groups is 1. The van der Waals surface area contributed by atoms with Crippen LogP contribution in [0, 0.1) is 6.92 Å². The van der Waals surface area contributed by atoms with Gasteiger partial charge in [0, 0.05) is 15.7 Å². The Hall–Kier alpha value is -4.50. The summed E-state index contributed by atoms with van der Waals surface area (Å²) in [7, 11) is 0. The highest BCUT2D eigenvalue weighted by Gasteiger charge is 2.14. The van der Waals surface area contributed by atoms with Crippen LogP contribution in [0.2, 0.25) is 0 Å². The summed E-state index contributed by atoms with van der Waals surface area (Å²) in [6.45, 7) is 1.92. The minimum Gasteiger partial charge on any atom is -0.508 e. The molecule has 0 aliphatic rings. The fourth-order valence-corrected chi connectivity index (χ4v) is 4.25. The van der Waals surface area contributed by atoms with Crippen LogP contribution in [-0.4, -0.2) is 30.0 Å². The number of fused-ring (bicyclic) bond motifs is 2. The van der Waals surface area contributed by atoms with Gasteiger partial charge in [-0.1, -0.05) is 15.9 Å². The van der Waals surface area contributed by atoms with Crippen molar-refractivity contribution in [1.29, 1.82) is 0 Å². The molecule has 8 nitrogen and oxygen atoms in total. The predicted molar refractivity (Wildman–Crippen MR) is 143 cm³/mol. The second-order valence-electron chi connectivity index (χ2n) is 8.22.